The Morgan fingerprint density at radius 2 is 2.18 bits per heavy atom. The lowest BCUT2D eigenvalue weighted by Crippen LogP contribution is -2.42. The van der Waals surface area contributed by atoms with E-state index in [1.165, 1.54) is 0 Å². The Balaban J connectivity index is 2.16. The molecular weight excluding hydrogens is 280 g/mol. The predicted octanol–water partition coefficient (Wildman–Crippen LogP) is 2.73. The van der Waals surface area contributed by atoms with Gasteiger partial charge in [0.25, 0.3) is 0 Å². The minimum Gasteiger partial charge on any atom is -0.376 e. The van der Waals surface area contributed by atoms with E-state index in [0.29, 0.717) is 6.61 Å². The number of morpholine rings is 1. The van der Waals surface area contributed by atoms with Gasteiger partial charge in [-0.15, -0.1) is 0 Å². The van der Waals surface area contributed by atoms with E-state index in [9.17, 15) is 5.26 Å². The molecule has 0 amide bonds. The van der Waals surface area contributed by atoms with Crippen LogP contribution in [0.2, 0.25) is 0 Å². The number of benzene rings is 1. The summed E-state index contributed by atoms with van der Waals surface area (Å²) >= 11 is 3.41. The molecule has 0 spiro atoms. The van der Waals surface area contributed by atoms with E-state index < -0.39 is 0 Å². The minimum atomic E-state index is -0.172. The van der Waals surface area contributed by atoms with E-state index in [-0.39, 0.29) is 12.1 Å². The Labute approximate surface area is 110 Å². The molecule has 1 aromatic carbocycles. The van der Waals surface area contributed by atoms with Crippen molar-refractivity contribution in [2.24, 2.45) is 0 Å². The summed E-state index contributed by atoms with van der Waals surface area (Å²) in [6.07, 6.45) is 0.204. The van der Waals surface area contributed by atoms with Crippen molar-refractivity contribution in [3.63, 3.8) is 0 Å². The first kappa shape index (κ1) is 12.6. The van der Waals surface area contributed by atoms with Gasteiger partial charge < -0.3 is 4.74 Å². The monoisotopic (exact) mass is 294 g/mol. The molecule has 0 N–H and O–H groups in total. The van der Waals surface area contributed by atoms with Crippen molar-refractivity contribution < 1.29 is 4.74 Å². The van der Waals surface area contributed by atoms with Gasteiger partial charge in [-0.2, -0.15) is 5.26 Å². The fourth-order valence-corrected chi connectivity index (χ4v) is 2.36. The molecule has 1 aliphatic rings. The van der Waals surface area contributed by atoms with Crippen LogP contribution in [0.3, 0.4) is 0 Å². The molecule has 0 radical (unpaired) electrons. The molecule has 1 heterocycles. The lowest BCUT2D eigenvalue weighted by atomic mass is 10.1. The van der Waals surface area contributed by atoms with E-state index >= 15 is 0 Å². The van der Waals surface area contributed by atoms with E-state index in [4.69, 9.17) is 4.74 Å². The highest BCUT2D eigenvalue weighted by molar-refractivity contribution is 9.10. The van der Waals surface area contributed by atoms with Crippen LogP contribution in [-0.4, -0.2) is 30.7 Å². The van der Waals surface area contributed by atoms with Crippen LogP contribution >= 0.6 is 15.9 Å². The molecule has 17 heavy (non-hydrogen) atoms. The van der Waals surface area contributed by atoms with Crippen molar-refractivity contribution >= 4 is 15.9 Å². The maximum absolute atomic E-state index is 9.34. The number of ether oxygens (including phenoxy) is 1. The van der Waals surface area contributed by atoms with Crippen molar-refractivity contribution in [3.8, 4) is 6.07 Å². The zero-order valence-corrected chi connectivity index (χ0v) is 11.4. The Kier molecular flexibility index (Phi) is 4.16. The fraction of sp³-hybridized carbons (Fsp3) is 0.462. The highest BCUT2D eigenvalue weighted by Crippen LogP contribution is 2.23. The molecule has 1 aromatic rings. The summed E-state index contributed by atoms with van der Waals surface area (Å²) in [5.41, 5.74) is 1.05. The van der Waals surface area contributed by atoms with Crippen LogP contribution in [-0.2, 0) is 4.74 Å². The summed E-state index contributed by atoms with van der Waals surface area (Å²) in [6.45, 7) is 4.38. The van der Waals surface area contributed by atoms with Crippen LogP contribution in [0.25, 0.3) is 0 Å². The molecule has 0 unspecified atom stereocenters. The van der Waals surface area contributed by atoms with Crippen LogP contribution in [0.15, 0.2) is 28.7 Å². The lowest BCUT2D eigenvalue weighted by molar-refractivity contribution is -0.0269. The zero-order valence-electron chi connectivity index (χ0n) is 9.77. The van der Waals surface area contributed by atoms with Crippen LogP contribution in [0.1, 0.15) is 18.5 Å². The SMILES string of the molecule is C[C@@H]1CN([C@H](C#N)c2ccc(Br)cc2)CCO1. The van der Waals surface area contributed by atoms with Crippen molar-refractivity contribution in [2.75, 3.05) is 19.7 Å². The third-order valence-electron chi connectivity index (χ3n) is 2.95. The maximum atomic E-state index is 9.34. The Morgan fingerprint density at radius 1 is 1.47 bits per heavy atom. The topological polar surface area (TPSA) is 36.3 Å². The lowest BCUT2D eigenvalue weighted by Gasteiger charge is -2.34. The number of hydrogen-bond donors (Lipinski definition) is 0. The Morgan fingerprint density at radius 3 is 2.76 bits per heavy atom. The highest BCUT2D eigenvalue weighted by Gasteiger charge is 2.25. The maximum Gasteiger partial charge on any atom is 0.124 e. The molecule has 2 atom stereocenters. The second kappa shape index (κ2) is 5.63. The third kappa shape index (κ3) is 3.06. The van der Waals surface area contributed by atoms with Gasteiger partial charge >= 0.3 is 0 Å². The van der Waals surface area contributed by atoms with Gasteiger partial charge in [0.05, 0.1) is 18.8 Å². The van der Waals surface area contributed by atoms with Gasteiger partial charge in [0, 0.05) is 17.6 Å². The first-order valence-electron chi connectivity index (χ1n) is 5.71. The Hall–Kier alpha value is -0.890. The molecule has 0 saturated carbocycles. The van der Waals surface area contributed by atoms with E-state index in [0.717, 1.165) is 23.1 Å². The molecule has 3 nitrogen and oxygen atoms in total. The normalized spacial score (nSPS) is 23.0. The Bertz CT molecular complexity index is 412. The molecule has 0 aromatic heterocycles. The third-order valence-corrected chi connectivity index (χ3v) is 3.47. The zero-order chi connectivity index (χ0) is 12.3. The van der Waals surface area contributed by atoms with Gasteiger partial charge in [0.2, 0.25) is 0 Å². The molecule has 1 saturated heterocycles. The summed E-state index contributed by atoms with van der Waals surface area (Å²) in [5.74, 6) is 0. The summed E-state index contributed by atoms with van der Waals surface area (Å²) in [5, 5.41) is 9.34. The molecule has 2 rings (SSSR count). The van der Waals surface area contributed by atoms with Gasteiger partial charge in [0.15, 0.2) is 0 Å². The van der Waals surface area contributed by atoms with Gasteiger partial charge in [-0.3, -0.25) is 4.90 Å². The molecule has 4 heteroatoms. The molecule has 0 aliphatic carbocycles. The minimum absolute atomic E-state index is 0.172. The van der Waals surface area contributed by atoms with Crippen LogP contribution < -0.4 is 0 Å². The average molecular weight is 295 g/mol. The average Bonchev–Trinajstić information content (AvgIpc) is 2.33. The summed E-state index contributed by atoms with van der Waals surface area (Å²) in [4.78, 5) is 2.18. The second-order valence-corrected chi connectivity index (χ2v) is 5.18. The van der Waals surface area contributed by atoms with E-state index in [1.54, 1.807) is 0 Å². The summed E-state index contributed by atoms with van der Waals surface area (Å²) in [6, 6.07) is 10.2. The number of rotatable bonds is 2. The molecule has 90 valence electrons. The first-order valence-corrected chi connectivity index (χ1v) is 6.50. The number of nitriles is 1. The van der Waals surface area contributed by atoms with Crippen molar-refractivity contribution in [2.45, 2.75) is 19.1 Å². The highest BCUT2D eigenvalue weighted by atomic mass is 79.9. The van der Waals surface area contributed by atoms with Crippen molar-refractivity contribution in [1.82, 2.24) is 4.90 Å². The van der Waals surface area contributed by atoms with Crippen LogP contribution in [0, 0.1) is 11.3 Å². The number of nitrogens with zero attached hydrogens (tertiary/aromatic N) is 2. The van der Waals surface area contributed by atoms with Gasteiger partial charge in [-0.05, 0) is 24.6 Å². The van der Waals surface area contributed by atoms with E-state index in [2.05, 4.69) is 26.9 Å². The molecule has 1 fully saturated rings. The molecular formula is C13H15BrN2O. The molecule has 0 bridgehead atoms. The largest absolute Gasteiger partial charge is 0.376 e. The standard InChI is InChI=1S/C13H15BrN2O/c1-10-9-16(6-7-17-10)13(8-15)11-2-4-12(14)5-3-11/h2-5,10,13H,6-7,9H2,1H3/t10-,13-/m1/s1. The quantitative estimate of drug-likeness (QED) is 0.841. The van der Waals surface area contributed by atoms with Gasteiger partial charge in [0.1, 0.15) is 6.04 Å². The van der Waals surface area contributed by atoms with Crippen molar-refractivity contribution in [3.05, 3.63) is 34.3 Å². The summed E-state index contributed by atoms with van der Waals surface area (Å²) in [7, 11) is 0. The van der Waals surface area contributed by atoms with Gasteiger partial charge in [-0.1, -0.05) is 28.1 Å². The van der Waals surface area contributed by atoms with Crippen molar-refractivity contribution in [1.29, 1.82) is 5.26 Å². The number of hydrogen-bond acceptors (Lipinski definition) is 3. The van der Waals surface area contributed by atoms with E-state index in [1.807, 2.05) is 31.2 Å². The van der Waals surface area contributed by atoms with Gasteiger partial charge in [-0.25, -0.2) is 0 Å². The van der Waals surface area contributed by atoms with Crippen LogP contribution in [0.4, 0.5) is 0 Å². The summed E-state index contributed by atoms with van der Waals surface area (Å²) < 4.78 is 6.53. The number of halogens is 1. The molecule has 1 aliphatic heterocycles. The predicted molar refractivity (Wildman–Crippen MR) is 69.5 cm³/mol. The smallest absolute Gasteiger partial charge is 0.124 e. The van der Waals surface area contributed by atoms with Crippen LogP contribution in [0.5, 0.6) is 0 Å². The fourth-order valence-electron chi connectivity index (χ4n) is 2.09. The first-order chi connectivity index (χ1) is 8.20. The second-order valence-electron chi connectivity index (χ2n) is 4.26.